The van der Waals surface area contributed by atoms with Crippen molar-refractivity contribution in [1.82, 2.24) is 14.9 Å². The van der Waals surface area contributed by atoms with Gasteiger partial charge in [0, 0.05) is 24.0 Å². The van der Waals surface area contributed by atoms with Crippen LogP contribution in [0.25, 0.3) is 22.3 Å². The lowest BCUT2D eigenvalue weighted by molar-refractivity contribution is 0.174. The van der Waals surface area contributed by atoms with E-state index in [1.54, 1.807) is 0 Å². The van der Waals surface area contributed by atoms with Gasteiger partial charge in [0.1, 0.15) is 5.82 Å². The molecule has 3 heteroatoms. The summed E-state index contributed by atoms with van der Waals surface area (Å²) in [7, 11) is 0. The number of hydrogen-bond donors (Lipinski definition) is 0. The van der Waals surface area contributed by atoms with Crippen LogP contribution in [-0.2, 0) is 0 Å². The smallest absolute Gasteiger partial charge is 0.125 e. The van der Waals surface area contributed by atoms with Gasteiger partial charge in [-0.25, -0.2) is 9.97 Å². The van der Waals surface area contributed by atoms with Crippen LogP contribution in [0.3, 0.4) is 0 Å². The zero-order chi connectivity index (χ0) is 19.5. The van der Waals surface area contributed by atoms with Crippen LogP contribution in [0.4, 0.5) is 0 Å². The third-order valence-corrected chi connectivity index (χ3v) is 5.99. The Morgan fingerprint density at radius 1 is 0.750 bits per heavy atom. The van der Waals surface area contributed by atoms with Crippen molar-refractivity contribution < 1.29 is 0 Å². The molecular formula is C25H29N3. The maximum atomic E-state index is 4.30. The van der Waals surface area contributed by atoms with Crippen LogP contribution in [-0.4, -0.2) is 28.0 Å². The molecule has 1 fully saturated rings. The Kier molecular flexibility index (Phi) is 5.54. The van der Waals surface area contributed by atoms with E-state index >= 15 is 0 Å². The largest absolute Gasteiger partial charge is 0.297 e. The Morgan fingerprint density at radius 3 is 1.93 bits per heavy atom. The summed E-state index contributed by atoms with van der Waals surface area (Å²) in [6.45, 7) is 8.97. The first-order valence-electron chi connectivity index (χ1n) is 10.4. The molecule has 0 N–H and O–H groups in total. The summed E-state index contributed by atoms with van der Waals surface area (Å²) in [4.78, 5) is 11.2. The molecule has 0 bridgehead atoms. The average molecular weight is 372 g/mol. The SMILES string of the molecule is Cc1ncc(-c2ccc(-c3ccc(C(C)N4CCCCC4)c(C)c3)cc2)cn1. The van der Waals surface area contributed by atoms with Gasteiger partial charge in [0.25, 0.3) is 0 Å². The Hall–Kier alpha value is -2.52. The second kappa shape index (κ2) is 8.24. The molecule has 144 valence electrons. The van der Waals surface area contributed by atoms with E-state index in [0.29, 0.717) is 6.04 Å². The second-order valence-electron chi connectivity index (χ2n) is 7.94. The molecule has 1 aliphatic rings. The van der Waals surface area contributed by atoms with Crippen LogP contribution in [0.2, 0.25) is 0 Å². The van der Waals surface area contributed by atoms with E-state index in [4.69, 9.17) is 0 Å². The molecule has 0 saturated carbocycles. The highest BCUT2D eigenvalue weighted by atomic mass is 15.2. The van der Waals surface area contributed by atoms with Crippen molar-refractivity contribution in [3.05, 3.63) is 71.8 Å². The quantitative estimate of drug-likeness (QED) is 0.565. The Bertz CT molecular complexity index is 923. The molecule has 1 unspecified atom stereocenters. The average Bonchev–Trinajstić information content (AvgIpc) is 2.74. The highest BCUT2D eigenvalue weighted by molar-refractivity contribution is 5.70. The second-order valence-corrected chi connectivity index (χ2v) is 7.94. The van der Waals surface area contributed by atoms with Gasteiger partial charge in [-0.2, -0.15) is 0 Å². The zero-order valence-corrected chi connectivity index (χ0v) is 17.2. The summed E-state index contributed by atoms with van der Waals surface area (Å²) in [5, 5.41) is 0. The molecule has 1 atom stereocenters. The van der Waals surface area contributed by atoms with Gasteiger partial charge in [-0.15, -0.1) is 0 Å². The monoisotopic (exact) mass is 371 g/mol. The van der Waals surface area contributed by atoms with Crippen LogP contribution in [0.1, 0.15) is 49.2 Å². The minimum atomic E-state index is 0.498. The molecule has 3 aromatic rings. The van der Waals surface area contributed by atoms with Gasteiger partial charge in [-0.1, -0.05) is 48.9 Å². The maximum Gasteiger partial charge on any atom is 0.125 e. The van der Waals surface area contributed by atoms with E-state index in [2.05, 4.69) is 71.2 Å². The number of benzene rings is 2. The molecule has 1 aliphatic heterocycles. The van der Waals surface area contributed by atoms with E-state index < -0.39 is 0 Å². The van der Waals surface area contributed by atoms with Crippen molar-refractivity contribution in [2.24, 2.45) is 0 Å². The van der Waals surface area contributed by atoms with Gasteiger partial charge in [0.2, 0.25) is 0 Å². The summed E-state index contributed by atoms with van der Waals surface area (Å²) in [6, 6.07) is 16.1. The number of piperidine rings is 1. The highest BCUT2D eigenvalue weighted by Crippen LogP contribution is 2.30. The number of rotatable bonds is 4. The third-order valence-electron chi connectivity index (χ3n) is 5.99. The predicted molar refractivity (Wildman–Crippen MR) is 116 cm³/mol. The van der Waals surface area contributed by atoms with Gasteiger partial charge in [0.15, 0.2) is 0 Å². The summed E-state index contributed by atoms with van der Waals surface area (Å²) >= 11 is 0. The predicted octanol–water partition coefficient (Wildman–Crippen LogP) is 5.97. The zero-order valence-electron chi connectivity index (χ0n) is 17.2. The summed E-state index contributed by atoms with van der Waals surface area (Å²) in [5.41, 5.74) is 7.57. The molecule has 0 radical (unpaired) electrons. The van der Waals surface area contributed by atoms with Gasteiger partial charge in [-0.05, 0) is 74.5 Å². The lowest BCUT2D eigenvalue weighted by Gasteiger charge is -2.33. The van der Waals surface area contributed by atoms with Gasteiger partial charge in [0.05, 0.1) is 0 Å². The topological polar surface area (TPSA) is 29.0 Å². The van der Waals surface area contributed by atoms with Crippen molar-refractivity contribution in [2.45, 2.75) is 46.1 Å². The fourth-order valence-corrected chi connectivity index (χ4v) is 4.22. The van der Waals surface area contributed by atoms with Gasteiger partial charge < -0.3 is 0 Å². The molecule has 2 aromatic carbocycles. The summed E-state index contributed by atoms with van der Waals surface area (Å²) in [5.74, 6) is 0.801. The fourth-order valence-electron chi connectivity index (χ4n) is 4.22. The first-order chi connectivity index (χ1) is 13.6. The molecule has 0 spiro atoms. The number of nitrogens with zero attached hydrogens (tertiary/aromatic N) is 3. The molecule has 0 aliphatic carbocycles. The third kappa shape index (κ3) is 4.00. The molecule has 0 amide bonds. The number of hydrogen-bond acceptors (Lipinski definition) is 3. The summed E-state index contributed by atoms with van der Waals surface area (Å²) < 4.78 is 0. The fraction of sp³-hybridized carbons (Fsp3) is 0.360. The number of likely N-dealkylation sites (tertiary alicyclic amines) is 1. The Morgan fingerprint density at radius 2 is 1.32 bits per heavy atom. The minimum absolute atomic E-state index is 0.498. The van der Waals surface area contributed by atoms with Crippen LogP contribution >= 0.6 is 0 Å². The van der Waals surface area contributed by atoms with Crippen LogP contribution in [0, 0.1) is 13.8 Å². The van der Waals surface area contributed by atoms with Crippen molar-refractivity contribution in [3.8, 4) is 22.3 Å². The van der Waals surface area contributed by atoms with E-state index in [0.717, 1.165) is 17.0 Å². The lowest BCUT2D eigenvalue weighted by Crippen LogP contribution is -2.32. The summed E-state index contributed by atoms with van der Waals surface area (Å²) in [6.07, 6.45) is 7.82. The minimum Gasteiger partial charge on any atom is -0.297 e. The van der Waals surface area contributed by atoms with Crippen molar-refractivity contribution in [2.75, 3.05) is 13.1 Å². The Labute approximate surface area is 168 Å². The molecule has 3 nitrogen and oxygen atoms in total. The van der Waals surface area contributed by atoms with Crippen LogP contribution < -0.4 is 0 Å². The number of aryl methyl sites for hydroxylation is 2. The molecule has 1 aromatic heterocycles. The van der Waals surface area contributed by atoms with E-state index in [9.17, 15) is 0 Å². The highest BCUT2D eigenvalue weighted by Gasteiger charge is 2.19. The normalized spacial score (nSPS) is 16.1. The van der Waals surface area contributed by atoms with Crippen LogP contribution in [0.5, 0.6) is 0 Å². The van der Waals surface area contributed by atoms with Gasteiger partial charge in [-0.3, -0.25) is 4.90 Å². The van der Waals surface area contributed by atoms with E-state index in [1.807, 2.05) is 19.3 Å². The molecular weight excluding hydrogens is 342 g/mol. The first kappa shape index (κ1) is 18.8. The lowest BCUT2D eigenvalue weighted by atomic mass is 9.94. The van der Waals surface area contributed by atoms with Gasteiger partial charge >= 0.3 is 0 Å². The van der Waals surface area contributed by atoms with Crippen molar-refractivity contribution in [1.29, 1.82) is 0 Å². The molecule has 1 saturated heterocycles. The van der Waals surface area contributed by atoms with Crippen molar-refractivity contribution >= 4 is 0 Å². The van der Waals surface area contributed by atoms with E-state index in [1.165, 1.54) is 54.6 Å². The number of aromatic nitrogens is 2. The standard InChI is InChI=1S/C25H29N3/c1-18-15-23(11-12-25(18)19(2)28-13-5-4-6-14-28)21-7-9-22(10-8-21)24-16-26-20(3)27-17-24/h7-12,15-17,19H,4-6,13-14H2,1-3H3. The molecule has 4 rings (SSSR count). The van der Waals surface area contributed by atoms with Crippen molar-refractivity contribution in [3.63, 3.8) is 0 Å². The first-order valence-corrected chi connectivity index (χ1v) is 10.4. The molecule has 28 heavy (non-hydrogen) atoms. The molecule has 2 heterocycles. The maximum absolute atomic E-state index is 4.30. The van der Waals surface area contributed by atoms with Crippen LogP contribution in [0.15, 0.2) is 54.9 Å². The van der Waals surface area contributed by atoms with E-state index in [-0.39, 0.29) is 0 Å². The Balaban J connectivity index is 1.54.